The Balaban J connectivity index is 1.90. The van der Waals surface area contributed by atoms with Crippen molar-refractivity contribution in [3.63, 3.8) is 0 Å². The van der Waals surface area contributed by atoms with E-state index >= 15 is 0 Å². The first kappa shape index (κ1) is 14.8. The van der Waals surface area contributed by atoms with E-state index in [0.717, 1.165) is 45.1 Å². The van der Waals surface area contributed by atoms with Gasteiger partial charge in [0.05, 0.1) is 11.1 Å². The molecular formula is C15H28N2O2. The van der Waals surface area contributed by atoms with Crippen LogP contribution in [0.5, 0.6) is 0 Å². The van der Waals surface area contributed by atoms with Gasteiger partial charge in [0.2, 0.25) is 5.91 Å². The lowest BCUT2D eigenvalue weighted by Gasteiger charge is -2.39. The first-order valence-electron chi connectivity index (χ1n) is 7.71. The van der Waals surface area contributed by atoms with Gasteiger partial charge in [-0.05, 0) is 39.0 Å². The lowest BCUT2D eigenvalue weighted by Crippen LogP contribution is -2.56. The normalized spacial score (nSPS) is 29.1. The summed E-state index contributed by atoms with van der Waals surface area (Å²) < 4.78 is 5.99. The summed E-state index contributed by atoms with van der Waals surface area (Å²) in [4.78, 5) is 12.2. The largest absolute Gasteiger partial charge is 0.375 e. The zero-order chi connectivity index (χ0) is 13.9. The third-order valence-corrected chi connectivity index (χ3v) is 4.63. The maximum absolute atomic E-state index is 12.2. The number of ether oxygens (including phenoxy) is 1. The van der Waals surface area contributed by atoms with Crippen LogP contribution >= 0.6 is 0 Å². The van der Waals surface area contributed by atoms with E-state index in [1.807, 2.05) is 6.92 Å². The molecule has 1 aliphatic heterocycles. The van der Waals surface area contributed by atoms with Crippen molar-refractivity contribution in [3.8, 4) is 0 Å². The van der Waals surface area contributed by atoms with Crippen LogP contribution in [-0.2, 0) is 9.53 Å². The molecule has 4 nitrogen and oxygen atoms in total. The molecule has 1 aliphatic carbocycles. The van der Waals surface area contributed by atoms with Gasteiger partial charge in [0, 0.05) is 12.6 Å². The molecule has 0 radical (unpaired) electrons. The number of carbonyl (C=O) groups excluding carboxylic acids is 1. The Morgan fingerprint density at radius 1 is 1.47 bits per heavy atom. The van der Waals surface area contributed by atoms with E-state index in [4.69, 9.17) is 10.5 Å². The number of nitrogens with one attached hydrogen (secondary N) is 1. The molecule has 2 unspecified atom stereocenters. The van der Waals surface area contributed by atoms with E-state index in [2.05, 4.69) is 12.2 Å². The molecule has 0 aromatic carbocycles. The molecule has 2 rings (SSSR count). The van der Waals surface area contributed by atoms with Gasteiger partial charge >= 0.3 is 0 Å². The molecule has 1 saturated carbocycles. The van der Waals surface area contributed by atoms with Crippen molar-refractivity contribution in [3.05, 3.63) is 0 Å². The highest BCUT2D eigenvalue weighted by Crippen LogP contribution is 2.40. The molecule has 1 heterocycles. The van der Waals surface area contributed by atoms with E-state index in [-0.39, 0.29) is 17.6 Å². The third kappa shape index (κ3) is 3.48. The lowest BCUT2D eigenvalue weighted by molar-refractivity contribution is -0.130. The Morgan fingerprint density at radius 3 is 2.79 bits per heavy atom. The van der Waals surface area contributed by atoms with Crippen molar-refractivity contribution >= 4 is 5.91 Å². The van der Waals surface area contributed by atoms with E-state index < -0.39 is 5.54 Å². The number of amides is 1. The third-order valence-electron chi connectivity index (χ3n) is 4.63. The maximum atomic E-state index is 12.2. The predicted molar refractivity (Wildman–Crippen MR) is 75.8 cm³/mol. The second kappa shape index (κ2) is 5.80. The fraction of sp³-hybridized carbons (Fsp3) is 0.933. The smallest absolute Gasteiger partial charge is 0.240 e. The maximum Gasteiger partial charge on any atom is 0.240 e. The van der Waals surface area contributed by atoms with Crippen LogP contribution < -0.4 is 11.1 Å². The highest BCUT2D eigenvalue weighted by Gasteiger charge is 2.41. The Morgan fingerprint density at radius 2 is 2.16 bits per heavy atom. The van der Waals surface area contributed by atoms with E-state index in [0.29, 0.717) is 0 Å². The molecule has 3 N–H and O–H groups in total. The van der Waals surface area contributed by atoms with Gasteiger partial charge in [0.1, 0.15) is 0 Å². The first-order chi connectivity index (χ1) is 8.97. The fourth-order valence-corrected chi connectivity index (χ4v) is 3.50. The molecule has 0 aromatic rings. The highest BCUT2D eigenvalue weighted by molar-refractivity contribution is 5.85. The number of rotatable bonds is 4. The average Bonchev–Trinajstić information content (AvgIpc) is 2.77. The Bertz CT molecular complexity index is 322. The van der Waals surface area contributed by atoms with Crippen molar-refractivity contribution in [1.82, 2.24) is 5.32 Å². The Hall–Kier alpha value is -0.610. The van der Waals surface area contributed by atoms with Crippen LogP contribution in [0.1, 0.15) is 65.2 Å². The molecule has 0 bridgehead atoms. The highest BCUT2D eigenvalue weighted by atomic mass is 16.5. The summed E-state index contributed by atoms with van der Waals surface area (Å²) in [5, 5.41) is 3.15. The molecule has 0 aromatic heterocycles. The summed E-state index contributed by atoms with van der Waals surface area (Å²) in [6.45, 7) is 4.65. The van der Waals surface area contributed by atoms with Gasteiger partial charge < -0.3 is 15.8 Å². The van der Waals surface area contributed by atoms with Gasteiger partial charge in [0.15, 0.2) is 0 Å². The zero-order valence-corrected chi connectivity index (χ0v) is 12.3. The summed E-state index contributed by atoms with van der Waals surface area (Å²) in [6, 6.07) is 0.235. The standard InChI is InChI=1S/C15H28N2O2/c1-3-7-14(2,16)13(18)17-12-6-10-19-15(11-12)8-4-5-9-15/h12H,3-11,16H2,1-2H3,(H,17,18). The number of carbonyl (C=O) groups is 1. The molecule has 4 heteroatoms. The van der Waals surface area contributed by atoms with Crippen molar-refractivity contribution < 1.29 is 9.53 Å². The van der Waals surface area contributed by atoms with Gasteiger partial charge in [-0.25, -0.2) is 0 Å². The molecular weight excluding hydrogens is 240 g/mol. The second-order valence-electron chi connectivity index (χ2n) is 6.57. The van der Waals surface area contributed by atoms with Crippen LogP contribution in [0.2, 0.25) is 0 Å². The molecule has 2 aliphatic rings. The van der Waals surface area contributed by atoms with Crippen molar-refractivity contribution in [2.45, 2.75) is 82.4 Å². The van der Waals surface area contributed by atoms with Crippen LogP contribution in [0.15, 0.2) is 0 Å². The topological polar surface area (TPSA) is 64.4 Å². The zero-order valence-electron chi connectivity index (χ0n) is 12.3. The molecule has 2 fully saturated rings. The molecule has 1 amide bonds. The van der Waals surface area contributed by atoms with Crippen molar-refractivity contribution in [2.75, 3.05) is 6.61 Å². The minimum absolute atomic E-state index is 0.00519. The van der Waals surface area contributed by atoms with Gasteiger partial charge in [-0.1, -0.05) is 26.2 Å². The quantitative estimate of drug-likeness (QED) is 0.821. The van der Waals surface area contributed by atoms with Crippen molar-refractivity contribution in [2.24, 2.45) is 5.73 Å². The van der Waals surface area contributed by atoms with E-state index in [9.17, 15) is 4.79 Å². The number of nitrogens with two attached hydrogens (primary N) is 1. The molecule has 110 valence electrons. The summed E-state index contributed by atoms with van der Waals surface area (Å²) >= 11 is 0. The monoisotopic (exact) mass is 268 g/mol. The van der Waals surface area contributed by atoms with Crippen LogP contribution in [0, 0.1) is 0 Å². The number of hydrogen-bond donors (Lipinski definition) is 2. The van der Waals surface area contributed by atoms with Gasteiger partial charge in [-0.2, -0.15) is 0 Å². The predicted octanol–water partition coefficient (Wildman–Crippen LogP) is 2.11. The van der Waals surface area contributed by atoms with Gasteiger partial charge in [-0.3, -0.25) is 4.79 Å². The van der Waals surface area contributed by atoms with Crippen LogP contribution in [0.25, 0.3) is 0 Å². The Kier molecular flexibility index (Phi) is 4.51. The molecule has 2 atom stereocenters. The minimum Gasteiger partial charge on any atom is -0.375 e. The Labute approximate surface area is 116 Å². The van der Waals surface area contributed by atoms with Crippen LogP contribution in [0.3, 0.4) is 0 Å². The first-order valence-corrected chi connectivity index (χ1v) is 7.71. The van der Waals surface area contributed by atoms with Gasteiger partial charge in [0.25, 0.3) is 0 Å². The number of hydrogen-bond acceptors (Lipinski definition) is 3. The van der Waals surface area contributed by atoms with E-state index in [1.165, 1.54) is 12.8 Å². The summed E-state index contributed by atoms with van der Waals surface area (Å²) in [7, 11) is 0. The molecule has 1 spiro atoms. The summed E-state index contributed by atoms with van der Waals surface area (Å²) in [5.41, 5.74) is 5.40. The fourth-order valence-electron chi connectivity index (χ4n) is 3.50. The van der Waals surface area contributed by atoms with Crippen molar-refractivity contribution in [1.29, 1.82) is 0 Å². The average molecular weight is 268 g/mol. The SMILES string of the molecule is CCCC(C)(N)C(=O)NC1CCOC2(CCCC2)C1. The summed E-state index contributed by atoms with van der Waals surface area (Å²) in [6.07, 6.45) is 8.33. The molecule has 1 saturated heterocycles. The second-order valence-corrected chi connectivity index (χ2v) is 6.57. The summed E-state index contributed by atoms with van der Waals surface area (Å²) in [5.74, 6) is -0.00519. The lowest BCUT2D eigenvalue weighted by atomic mass is 9.88. The van der Waals surface area contributed by atoms with Crippen LogP contribution in [0.4, 0.5) is 0 Å². The minimum atomic E-state index is -0.740. The van der Waals surface area contributed by atoms with Gasteiger partial charge in [-0.15, -0.1) is 0 Å². The molecule has 19 heavy (non-hydrogen) atoms. The van der Waals surface area contributed by atoms with E-state index in [1.54, 1.807) is 0 Å². The van der Waals surface area contributed by atoms with Crippen LogP contribution in [-0.4, -0.2) is 29.7 Å².